The number of nitrogens with one attached hydrogen (secondary N) is 1. The lowest BCUT2D eigenvalue weighted by molar-refractivity contribution is 0.398. The Morgan fingerprint density at radius 1 is 0.743 bits per heavy atom. The van der Waals surface area contributed by atoms with E-state index in [4.69, 9.17) is 5.73 Å². The summed E-state index contributed by atoms with van der Waals surface area (Å²) in [5.74, 6) is 1.01. The Balaban J connectivity index is 0.000000149. The van der Waals surface area contributed by atoms with E-state index >= 15 is 0 Å². The number of fused-ring (bicyclic) bond motifs is 8. The number of hydrogen-bond donors (Lipinski definition) is 3. The van der Waals surface area contributed by atoms with E-state index in [0.29, 0.717) is 11.7 Å². The topological polar surface area (TPSA) is 62.0 Å². The van der Waals surface area contributed by atoms with E-state index in [1.807, 2.05) is 24.3 Å². The van der Waals surface area contributed by atoms with E-state index in [1.165, 1.54) is 43.7 Å². The number of hydrogen-bond acceptors (Lipinski definition) is 2. The summed E-state index contributed by atoms with van der Waals surface area (Å²) in [5.41, 5.74) is 11.4. The van der Waals surface area contributed by atoms with Crippen LogP contribution in [0.3, 0.4) is 0 Å². The van der Waals surface area contributed by atoms with Crippen molar-refractivity contribution >= 4 is 43.4 Å². The van der Waals surface area contributed by atoms with Gasteiger partial charge in [-0.2, -0.15) is 0 Å². The molecule has 0 radical (unpaired) electrons. The van der Waals surface area contributed by atoms with Crippen LogP contribution in [0, 0.1) is 5.92 Å². The summed E-state index contributed by atoms with van der Waals surface area (Å²) in [6.45, 7) is 2.24. The molecule has 1 aliphatic carbocycles. The molecule has 1 aliphatic rings. The summed E-state index contributed by atoms with van der Waals surface area (Å²) >= 11 is 0. The SMILES string of the molecule is CCC1Cc2c(ccc3c2cc(O)c2ccccc23)C(N)C1.c1ccc2c(c1)[nH]c1ccccc12. The first-order chi connectivity index (χ1) is 17.1. The maximum atomic E-state index is 10.4. The van der Waals surface area contributed by atoms with Gasteiger partial charge in [-0.15, -0.1) is 0 Å². The van der Waals surface area contributed by atoms with Gasteiger partial charge in [-0.05, 0) is 64.2 Å². The molecule has 0 amide bonds. The van der Waals surface area contributed by atoms with Crippen LogP contribution in [0.1, 0.15) is 36.9 Å². The van der Waals surface area contributed by atoms with Crippen molar-refractivity contribution < 1.29 is 5.11 Å². The quantitative estimate of drug-likeness (QED) is 0.219. The van der Waals surface area contributed by atoms with Crippen LogP contribution in [-0.4, -0.2) is 10.1 Å². The Morgan fingerprint density at radius 3 is 1.97 bits per heavy atom. The Morgan fingerprint density at radius 2 is 1.31 bits per heavy atom. The fraction of sp³-hybridized carbons (Fsp3) is 0.188. The highest BCUT2D eigenvalue weighted by molar-refractivity contribution is 6.11. The predicted octanol–water partition coefficient (Wildman–Crippen LogP) is 7.99. The van der Waals surface area contributed by atoms with Gasteiger partial charge in [0.2, 0.25) is 0 Å². The zero-order valence-electron chi connectivity index (χ0n) is 20.0. The van der Waals surface area contributed by atoms with E-state index in [2.05, 4.69) is 78.6 Å². The van der Waals surface area contributed by atoms with E-state index in [1.54, 1.807) is 0 Å². The standard InChI is InChI=1S/C20H21NO.C12H9N/c1-2-12-9-17-15(19(21)10-12)8-7-14-13-5-3-4-6-16(13)20(22)11-18(14)17;1-3-7-11-9(5-1)10-6-2-4-8-12(10)13-11/h3-8,11-12,19,22H,2,9-10,21H2,1H3;1-8,13H. The molecule has 3 heteroatoms. The summed E-state index contributed by atoms with van der Waals surface area (Å²) in [6.07, 6.45) is 3.28. The predicted molar refractivity (Wildman–Crippen MR) is 148 cm³/mol. The highest BCUT2D eigenvalue weighted by Crippen LogP contribution is 2.41. The van der Waals surface area contributed by atoms with Crippen molar-refractivity contribution in [3.05, 3.63) is 102 Å². The Kier molecular flexibility index (Phi) is 5.43. The second kappa shape index (κ2) is 8.75. The minimum atomic E-state index is 0.117. The molecule has 3 nitrogen and oxygen atoms in total. The molecular weight excluding hydrogens is 428 g/mol. The van der Waals surface area contributed by atoms with Crippen LogP contribution in [0.5, 0.6) is 5.75 Å². The van der Waals surface area contributed by atoms with Gasteiger partial charge in [-0.25, -0.2) is 0 Å². The van der Waals surface area contributed by atoms with Gasteiger partial charge >= 0.3 is 0 Å². The van der Waals surface area contributed by atoms with Crippen LogP contribution in [0.2, 0.25) is 0 Å². The summed E-state index contributed by atoms with van der Waals surface area (Å²) in [5, 5.41) is 17.5. The molecule has 1 heterocycles. The molecule has 7 rings (SSSR count). The molecule has 6 aromatic rings. The third kappa shape index (κ3) is 3.73. The first-order valence-electron chi connectivity index (χ1n) is 12.5. The molecule has 5 aromatic carbocycles. The van der Waals surface area contributed by atoms with Crippen molar-refractivity contribution in [2.45, 2.75) is 32.2 Å². The highest BCUT2D eigenvalue weighted by atomic mass is 16.3. The van der Waals surface area contributed by atoms with Gasteiger partial charge in [0.15, 0.2) is 0 Å². The number of aromatic nitrogens is 1. The smallest absolute Gasteiger partial charge is 0.124 e. The first-order valence-corrected chi connectivity index (χ1v) is 12.5. The highest BCUT2D eigenvalue weighted by Gasteiger charge is 2.25. The van der Waals surface area contributed by atoms with Gasteiger partial charge in [0.25, 0.3) is 0 Å². The molecule has 4 N–H and O–H groups in total. The monoisotopic (exact) mass is 458 g/mol. The number of H-pyrrole nitrogens is 1. The van der Waals surface area contributed by atoms with Gasteiger partial charge in [-0.1, -0.05) is 86.1 Å². The number of para-hydroxylation sites is 2. The molecule has 1 aromatic heterocycles. The Hall–Kier alpha value is -3.82. The third-order valence-electron chi connectivity index (χ3n) is 7.64. The van der Waals surface area contributed by atoms with Crippen LogP contribution in [0.4, 0.5) is 0 Å². The van der Waals surface area contributed by atoms with E-state index in [-0.39, 0.29) is 6.04 Å². The summed E-state index contributed by atoms with van der Waals surface area (Å²) < 4.78 is 0. The van der Waals surface area contributed by atoms with Crippen LogP contribution >= 0.6 is 0 Å². The third-order valence-corrected chi connectivity index (χ3v) is 7.64. The molecule has 2 unspecified atom stereocenters. The zero-order chi connectivity index (χ0) is 23.9. The van der Waals surface area contributed by atoms with Crippen molar-refractivity contribution in [2.24, 2.45) is 11.7 Å². The van der Waals surface area contributed by atoms with Crippen molar-refractivity contribution in [3.63, 3.8) is 0 Å². The summed E-state index contributed by atoms with van der Waals surface area (Å²) in [4.78, 5) is 3.38. The number of benzene rings is 5. The van der Waals surface area contributed by atoms with E-state index in [9.17, 15) is 5.11 Å². The molecule has 35 heavy (non-hydrogen) atoms. The summed E-state index contributed by atoms with van der Waals surface area (Å²) in [7, 11) is 0. The van der Waals surface area contributed by atoms with E-state index < -0.39 is 0 Å². The lowest BCUT2D eigenvalue weighted by Crippen LogP contribution is -2.24. The van der Waals surface area contributed by atoms with Crippen LogP contribution < -0.4 is 5.73 Å². The lowest BCUT2D eigenvalue weighted by Gasteiger charge is -2.30. The number of aromatic amines is 1. The average molecular weight is 459 g/mol. The fourth-order valence-corrected chi connectivity index (χ4v) is 5.78. The first kappa shape index (κ1) is 21.7. The molecule has 0 saturated heterocycles. The van der Waals surface area contributed by atoms with Crippen molar-refractivity contribution in [1.29, 1.82) is 0 Å². The molecular formula is C32H30N2O. The van der Waals surface area contributed by atoms with Gasteiger partial charge < -0.3 is 15.8 Å². The number of nitrogens with two attached hydrogens (primary N) is 1. The average Bonchev–Trinajstić information content (AvgIpc) is 3.28. The maximum Gasteiger partial charge on any atom is 0.124 e. The molecule has 0 fully saturated rings. The van der Waals surface area contributed by atoms with Crippen molar-refractivity contribution in [3.8, 4) is 5.75 Å². The minimum absolute atomic E-state index is 0.117. The molecule has 174 valence electrons. The lowest BCUT2D eigenvalue weighted by atomic mass is 9.77. The normalized spacial score (nSPS) is 17.4. The molecule has 0 bridgehead atoms. The summed E-state index contributed by atoms with van der Waals surface area (Å²) in [6, 6.07) is 31.2. The largest absolute Gasteiger partial charge is 0.507 e. The molecule has 2 atom stereocenters. The fourth-order valence-electron chi connectivity index (χ4n) is 5.78. The Bertz CT molecular complexity index is 1630. The number of phenolic OH excluding ortho intramolecular Hbond substituents is 1. The van der Waals surface area contributed by atoms with Crippen molar-refractivity contribution in [2.75, 3.05) is 0 Å². The van der Waals surface area contributed by atoms with Crippen LogP contribution in [0.15, 0.2) is 91.0 Å². The maximum absolute atomic E-state index is 10.4. The van der Waals surface area contributed by atoms with Crippen molar-refractivity contribution in [1.82, 2.24) is 4.98 Å². The Labute approximate surface area is 205 Å². The van der Waals surface area contributed by atoms with Gasteiger partial charge in [0, 0.05) is 33.2 Å². The number of rotatable bonds is 1. The van der Waals surface area contributed by atoms with Gasteiger partial charge in [0.1, 0.15) is 5.75 Å². The molecule has 0 spiro atoms. The zero-order valence-corrected chi connectivity index (χ0v) is 20.0. The second-order valence-corrected chi connectivity index (χ2v) is 9.71. The number of aromatic hydroxyl groups is 1. The van der Waals surface area contributed by atoms with E-state index in [0.717, 1.165) is 30.0 Å². The van der Waals surface area contributed by atoms with Gasteiger partial charge in [-0.3, -0.25) is 0 Å². The van der Waals surface area contributed by atoms with Crippen LogP contribution in [0.25, 0.3) is 43.4 Å². The minimum Gasteiger partial charge on any atom is -0.507 e. The molecule has 0 saturated carbocycles. The molecule has 0 aliphatic heterocycles. The van der Waals surface area contributed by atoms with Gasteiger partial charge in [0.05, 0.1) is 0 Å². The number of phenols is 1. The van der Waals surface area contributed by atoms with Crippen LogP contribution in [-0.2, 0) is 6.42 Å². The second-order valence-electron chi connectivity index (χ2n) is 9.71.